The highest BCUT2D eigenvalue weighted by molar-refractivity contribution is 5.76. The van der Waals surface area contributed by atoms with Gasteiger partial charge in [-0.05, 0) is 31.2 Å². The molecule has 1 amide bonds. The average molecular weight is 280 g/mol. The molecule has 3 rings (SSSR count). The number of carbonyl (C=O) groups is 1. The van der Waals surface area contributed by atoms with E-state index in [0.29, 0.717) is 5.65 Å². The van der Waals surface area contributed by atoms with Gasteiger partial charge in [-0.3, -0.25) is 9.36 Å². The molecule has 0 aliphatic rings. The molecule has 1 N–H and O–H groups in total. The quantitative estimate of drug-likeness (QED) is 0.802. The van der Waals surface area contributed by atoms with Crippen molar-refractivity contribution in [1.29, 1.82) is 0 Å². The van der Waals surface area contributed by atoms with Crippen LogP contribution in [0.1, 0.15) is 25.7 Å². The molecule has 106 valence electrons. The van der Waals surface area contributed by atoms with Crippen LogP contribution in [-0.2, 0) is 4.79 Å². The van der Waals surface area contributed by atoms with Crippen LogP contribution in [0.25, 0.3) is 16.9 Å². The van der Waals surface area contributed by atoms with E-state index in [0.717, 1.165) is 17.0 Å². The molecule has 0 aliphatic carbocycles. The molecule has 3 aromatic rings. The van der Waals surface area contributed by atoms with Crippen LogP contribution in [-0.4, -0.2) is 20.4 Å². The number of para-hydroxylation sites is 1. The van der Waals surface area contributed by atoms with Crippen molar-refractivity contribution < 1.29 is 4.79 Å². The van der Waals surface area contributed by atoms with Gasteiger partial charge in [0, 0.05) is 18.8 Å². The molecule has 21 heavy (non-hydrogen) atoms. The van der Waals surface area contributed by atoms with E-state index in [9.17, 15) is 4.79 Å². The highest BCUT2D eigenvalue weighted by Crippen LogP contribution is 2.23. The van der Waals surface area contributed by atoms with Crippen LogP contribution in [0.5, 0.6) is 0 Å². The number of nitrogens with zero attached hydrogens (tertiary/aromatic N) is 3. The van der Waals surface area contributed by atoms with E-state index < -0.39 is 0 Å². The zero-order valence-electron chi connectivity index (χ0n) is 11.9. The van der Waals surface area contributed by atoms with Gasteiger partial charge >= 0.3 is 0 Å². The number of benzene rings is 1. The number of amides is 1. The molecule has 0 spiro atoms. The fourth-order valence-electron chi connectivity index (χ4n) is 2.44. The van der Waals surface area contributed by atoms with E-state index in [4.69, 9.17) is 0 Å². The zero-order chi connectivity index (χ0) is 14.8. The smallest absolute Gasteiger partial charge is 0.217 e. The topological polar surface area (TPSA) is 59.8 Å². The number of pyridine rings is 1. The van der Waals surface area contributed by atoms with Crippen LogP contribution in [0.2, 0.25) is 0 Å². The molecule has 1 unspecified atom stereocenters. The molecular formula is C16H16N4O. The third-order valence-electron chi connectivity index (χ3n) is 3.28. The second kappa shape index (κ2) is 5.36. The first-order chi connectivity index (χ1) is 10.2. The number of aromatic nitrogens is 3. The molecule has 0 saturated heterocycles. The molecule has 0 radical (unpaired) electrons. The minimum Gasteiger partial charge on any atom is -0.347 e. The maximum Gasteiger partial charge on any atom is 0.217 e. The average Bonchev–Trinajstić information content (AvgIpc) is 2.87. The van der Waals surface area contributed by atoms with Gasteiger partial charge in [0.25, 0.3) is 0 Å². The predicted molar refractivity (Wildman–Crippen MR) is 81.1 cm³/mol. The van der Waals surface area contributed by atoms with E-state index in [1.807, 2.05) is 54.0 Å². The Hall–Kier alpha value is -2.69. The van der Waals surface area contributed by atoms with Gasteiger partial charge in [-0.15, -0.1) is 0 Å². The van der Waals surface area contributed by atoms with E-state index in [-0.39, 0.29) is 11.9 Å². The van der Waals surface area contributed by atoms with Crippen molar-refractivity contribution in [2.24, 2.45) is 0 Å². The van der Waals surface area contributed by atoms with Crippen LogP contribution in [0.15, 0.2) is 48.7 Å². The molecule has 0 aliphatic heterocycles. The number of rotatable bonds is 3. The second-order valence-electron chi connectivity index (χ2n) is 4.91. The molecule has 5 nitrogen and oxygen atoms in total. The van der Waals surface area contributed by atoms with Gasteiger partial charge in [0.1, 0.15) is 5.82 Å². The fraction of sp³-hybridized carbons (Fsp3) is 0.188. The summed E-state index contributed by atoms with van der Waals surface area (Å²) < 4.78 is 2.03. The normalized spacial score (nSPS) is 12.3. The Morgan fingerprint density at radius 1 is 1.19 bits per heavy atom. The van der Waals surface area contributed by atoms with E-state index in [2.05, 4.69) is 15.3 Å². The zero-order valence-corrected chi connectivity index (χ0v) is 11.9. The monoisotopic (exact) mass is 280 g/mol. The van der Waals surface area contributed by atoms with Crippen LogP contribution in [0.4, 0.5) is 0 Å². The lowest BCUT2D eigenvalue weighted by atomic mass is 10.2. The van der Waals surface area contributed by atoms with Crippen LogP contribution < -0.4 is 5.32 Å². The summed E-state index contributed by atoms with van der Waals surface area (Å²) in [4.78, 5) is 20.2. The summed E-state index contributed by atoms with van der Waals surface area (Å²) in [7, 11) is 0. The Balaban J connectivity index is 2.21. The maximum atomic E-state index is 11.3. The Bertz CT molecular complexity index is 779. The molecule has 2 aromatic heterocycles. The molecule has 0 saturated carbocycles. The Kier molecular flexibility index (Phi) is 3.39. The van der Waals surface area contributed by atoms with Crippen molar-refractivity contribution in [3.05, 3.63) is 54.5 Å². The Morgan fingerprint density at radius 3 is 2.67 bits per heavy atom. The molecular weight excluding hydrogens is 264 g/mol. The van der Waals surface area contributed by atoms with E-state index >= 15 is 0 Å². The standard InChI is InChI=1S/C16H16N4O/c1-11(18-12(2)21)16-19-15-14(9-6-10-17-15)20(16)13-7-4-3-5-8-13/h3-11H,1-2H3,(H,18,21). The SMILES string of the molecule is CC(=O)NC(C)c1nc2ncccc2n1-c1ccccc1. The number of carbonyl (C=O) groups excluding carboxylic acids is 1. The van der Waals surface area contributed by atoms with Crippen molar-refractivity contribution >= 4 is 17.1 Å². The largest absolute Gasteiger partial charge is 0.347 e. The third-order valence-corrected chi connectivity index (χ3v) is 3.28. The van der Waals surface area contributed by atoms with Gasteiger partial charge in [0.2, 0.25) is 5.91 Å². The molecule has 5 heteroatoms. The van der Waals surface area contributed by atoms with Crippen LogP contribution in [0.3, 0.4) is 0 Å². The minimum absolute atomic E-state index is 0.0814. The van der Waals surface area contributed by atoms with Gasteiger partial charge < -0.3 is 5.32 Å². The first kappa shape index (κ1) is 13.3. The van der Waals surface area contributed by atoms with Crippen molar-refractivity contribution in [1.82, 2.24) is 19.9 Å². The summed E-state index contributed by atoms with van der Waals surface area (Å²) in [6, 6.07) is 13.6. The molecule has 1 aromatic carbocycles. The number of fused-ring (bicyclic) bond motifs is 1. The Morgan fingerprint density at radius 2 is 1.95 bits per heavy atom. The molecule has 0 bridgehead atoms. The maximum absolute atomic E-state index is 11.3. The summed E-state index contributed by atoms with van der Waals surface area (Å²) >= 11 is 0. The lowest BCUT2D eigenvalue weighted by Crippen LogP contribution is -2.26. The lowest BCUT2D eigenvalue weighted by molar-refractivity contribution is -0.119. The summed E-state index contributed by atoms with van der Waals surface area (Å²) in [5.74, 6) is 0.687. The van der Waals surface area contributed by atoms with Crippen LogP contribution in [0, 0.1) is 0 Å². The number of imidazole rings is 1. The van der Waals surface area contributed by atoms with E-state index in [1.54, 1.807) is 6.20 Å². The highest BCUT2D eigenvalue weighted by Gasteiger charge is 2.18. The summed E-state index contributed by atoms with van der Waals surface area (Å²) in [6.45, 7) is 3.42. The second-order valence-corrected chi connectivity index (χ2v) is 4.91. The van der Waals surface area contributed by atoms with Gasteiger partial charge in [-0.1, -0.05) is 18.2 Å². The molecule has 0 fully saturated rings. The van der Waals surface area contributed by atoms with Gasteiger partial charge in [0.05, 0.1) is 11.6 Å². The third kappa shape index (κ3) is 2.50. The predicted octanol–water partition coefficient (Wildman–Crippen LogP) is 2.62. The van der Waals surface area contributed by atoms with Gasteiger partial charge in [0.15, 0.2) is 5.65 Å². The van der Waals surface area contributed by atoms with Crippen molar-refractivity contribution in [2.75, 3.05) is 0 Å². The lowest BCUT2D eigenvalue weighted by Gasteiger charge is -2.15. The first-order valence-corrected chi connectivity index (χ1v) is 6.82. The summed E-state index contributed by atoms with van der Waals surface area (Å²) in [5.41, 5.74) is 2.60. The van der Waals surface area contributed by atoms with Crippen molar-refractivity contribution in [3.8, 4) is 5.69 Å². The summed E-state index contributed by atoms with van der Waals surface area (Å²) in [6.07, 6.45) is 1.72. The molecule has 2 heterocycles. The highest BCUT2D eigenvalue weighted by atomic mass is 16.1. The minimum atomic E-state index is -0.197. The summed E-state index contributed by atoms with van der Waals surface area (Å²) in [5, 5.41) is 2.88. The van der Waals surface area contributed by atoms with Crippen molar-refractivity contribution in [2.45, 2.75) is 19.9 Å². The fourth-order valence-corrected chi connectivity index (χ4v) is 2.44. The van der Waals surface area contributed by atoms with E-state index in [1.165, 1.54) is 6.92 Å². The number of hydrogen-bond acceptors (Lipinski definition) is 3. The molecule has 1 atom stereocenters. The first-order valence-electron chi connectivity index (χ1n) is 6.82. The van der Waals surface area contributed by atoms with Crippen molar-refractivity contribution in [3.63, 3.8) is 0 Å². The number of nitrogens with one attached hydrogen (secondary N) is 1. The van der Waals surface area contributed by atoms with Gasteiger partial charge in [-0.25, -0.2) is 9.97 Å². The Labute approximate surface area is 122 Å². The number of hydrogen-bond donors (Lipinski definition) is 1. The van der Waals surface area contributed by atoms with Crippen LogP contribution >= 0.6 is 0 Å². The van der Waals surface area contributed by atoms with Gasteiger partial charge in [-0.2, -0.15) is 0 Å².